The van der Waals surface area contributed by atoms with Crippen LogP contribution in [0.5, 0.6) is 0 Å². The van der Waals surface area contributed by atoms with Crippen molar-refractivity contribution >= 4 is 5.78 Å². The van der Waals surface area contributed by atoms with Crippen molar-refractivity contribution in [3.05, 3.63) is 12.2 Å². The Morgan fingerprint density at radius 3 is 2.38 bits per heavy atom. The quantitative estimate of drug-likeness (QED) is 0.440. The average Bonchev–Trinajstić information content (AvgIpc) is 2.75. The van der Waals surface area contributed by atoms with Crippen LogP contribution in [0.3, 0.4) is 0 Å². The zero-order valence-electron chi connectivity index (χ0n) is 15.3. The normalized spacial score (nSPS) is 56.2. The highest BCUT2D eigenvalue weighted by atomic mass is 16.3. The van der Waals surface area contributed by atoms with Crippen molar-refractivity contribution in [2.24, 2.45) is 34.0 Å². The Hall–Kier alpha value is -0.790. The molecule has 4 aliphatic rings. The Balaban J connectivity index is 1.92. The Labute approximate surface area is 153 Å². The monoisotopic (exact) mass is 366 g/mol. The standard InChI is InChI=1S/C20H30O6/c1-10-15-11(23)6-13-19(9-22)5-3-4-18(2,8-21)12(19)7-14(24)20(13,16(10)25)17(15)26/h11-15,17,21-24,26H,1,3-9H2,2H3/t11-,12+,13-,14+,15+,17+,18+,19-,20-/m0/s1. The largest absolute Gasteiger partial charge is 0.396 e. The van der Waals surface area contributed by atoms with Gasteiger partial charge < -0.3 is 25.5 Å². The van der Waals surface area contributed by atoms with E-state index in [0.29, 0.717) is 6.42 Å². The molecule has 0 aromatic carbocycles. The van der Waals surface area contributed by atoms with E-state index in [-0.39, 0.29) is 43.3 Å². The molecule has 0 amide bonds. The van der Waals surface area contributed by atoms with Crippen molar-refractivity contribution in [1.82, 2.24) is 0 Å². The highest BCUT2D eigenvalue weighted by molar-refractivity contribution is 6.04. The molecule has 0 aromatic heterocycles. The number of aliphatic hydroxyl groups excluding tert-OH is 5. The minimum atomic E-state index is -1.39. The summed E-state index contributed by atoms with van der Waals surface area (Å²) < 4.78 is 0. The molecule has 26 heavy (non-hydrogen) atoms. The number of Topliss-reactive ketones (excluding diaryl/α,β-unsaturated/α-hetero) is 1. The third kappa shape index (κ3) is 1.82. The summed E-state index contributed by atoms with van der Waals surface area (Å²) in [6, 6.07) is 0. The number of ketones is 1. The van der Waals surface area contributed by atoms with E-state index in [1.54, 1.807) is 0 Å². The predicted octanol–water partition coefficient (Wildman–Crippen LogP) is 0.0116. The molecule has 4 aliphatic carbocycles. The number of carbonyl (C=O) groups excluding carboxylic acids is 1. The van der Waals surface area contributed by atoms with Gasteiger partial charge in [-0.15, -0.1) is 0 Å². The minimum absolute atomic E-state index is 0.0553. The van der Waals surface area contributed by atoms with Gasteiger partial charge in [0.1, 0.15) is 0 Å². The lowest BCUT2D eigenvalue weighted by Gasteiger charge is -2.66. The van der Waals surface area contributed by atoms with Crippen molar-refractivity contribution < 1.29 is 30.3 Å². The number of carbonyl (C=O) groups is 1. The fourth-order valence-corrected chi connectivity index (χ4v) is 7.44. The fraction of sp³-hybridized carbons (Fsp3) is 0.850. The molecule has 0 aromatic rings. The van der Waals surface area contributed by atoms with Crippen molar-refractivity contribution in [3.8, 4) is 0 Å². The first kappa shape index (κ1) is 18.6. The number of hydrogen-bond acceptors (Lipinski definition) is 6. The maximum absolute atomic E-state index is 13.2. The van der Waals surface area contributed by atoms with Gasteiger partial charge in [-0.2, -0.15) is 0 Å². The summed E-state index contributed by atoms with van der Waals surface area (Å²) in [5.74, 6) is -1.81. The van der Waals surface area contributed by atoms with Gasteiger partial charge in [-0.3, -0.25) is 4.79 Å². The van der Waals surface area contributed by atoms with Crippen molar-refractivity contribution in [3.63, 3.8) is 0 Å². The molecule has 5 N–H and O–H groups in total. The van der Waals surface area contributed by atoms with E-state index in [1.807, 2.05) is 6.92 Å². The Morgan fingerprint density at radius 1 is 1.08 bits per heavy atom. The van der Waals surface area contributed by atoms with Gasteiger partial charge >= 0.3 is 0 Å². The lowest BCUT2D eigenvalue weighted by atomic mass is 9.39. The van der Waals surface area contributed by atoms with Gasteiger partial charge in [0, 0.05) is 24.5 Å². The first-order valence-electron chi connectivity index (χ1n) is 9.70. The van der Waals surface area contributed by atoms with Crippen LogP contribution in [0, 0.1) is 34.0 Å². The molecule has 1 spiro atoms. The van der Waals surface area contributed by atoms with Crippen LogP contribution in [0.15, 0.2) is 12.2 Å². The number of aliphatic hydroxyl groups is 5. The van der Waals surface area contributed by atoms with Crippen molar-refractivity contribution in [1.29, 1.82) is 0 Å². The van der Waals surface area contributed by atoms with Crippen molar-refractivity contribution in [2.45, 2.75) is 57.3 Å². The van der Waals surface area contributed by atoms with Gasteiger partial charge in [-0.1, -0.05) is 19.9 Å². The summed E-state index contributed by atoms with van der Waals surface area (Å²) in [7, 11) is 0. The lowest BCUT2D eigenvalue weighted by Crippen LogP contribution is -2.70. The predicted molar refractivity (Wildman–Crippen MR) is 92.9 cm³/mol. The van der Waals surface area contributed by atoms with Gasteiger partial charge in [0.25, 0.3) is 0 Å². The zero-order chi connectivity index (χ0) is 19.1. The third-order valence-electron chi connectivity index (χ3n) is 8.67. The topological polar surface area (TPSA) is 118 Å². The number of rotatable bonds is 2. The van der Waals surface area contributed by atoms with Crippen LogP contribution in [-0.2, 0) is 4.79 Å². The summed E-state index contributed by atoms with van der Waals surface area (Å²) in [6.45, 7) is 5.55. The van der Waals surface area contributed by atoms with Gasteiger partial charge in [-0.25, -0.2) is 0 Å². The summed E-state index contributed by atoms with van der Waals surface area (Å²) in [5.41, 5.74) is -2.37. The molecule has 4 rings (SSSR count). The third-order valence-corrected chi connectivity index (χ3v) is 8.67. The summed E-state index contributed by atoms with van der Waals surface area (Å²) in [5, 5.41) is 53.4. The lowest BCUT2D eigenvalue weighted by molar-refractivity contribution is -0.255. The van der Waals surface area contributed by atoms with E-state index in [0.717, 1.165) is 12.8 Å². The van der Waals surface area contributed by atoms with Gasteiger partial charge in [0.2, 0.25) is 0 Å². The summed E-state index contributed by atoms with van der Waals surface area (Å²) >= 11 is 0. The molecule has 6 heteroatoms. The minimum Gasteiger partial charge on any atom is -0.396 e. The van der Waals surface area contributed by atoms with E-state index in [4.69, 9.17) is 0 Å². The van der Waals surface area contributed by atoms with Crippen LogP contribution < -0.4 is 0 Å². The van der Waals surface area contributed by atoms with Crippen LogP contribution >= 0.6 is 0 Å². The maximum Gasteiger partial charge on any atom is 0.170 e. The second-order valence-electron chi connectivity index (χ2n) is 9.47. The molecule has 4 fully saturated rings. The number of fused-ring (bicyclic) bond motifs is 3. The van der Waals surface area contributed by atoms with E-state index in [2.05, 4.69) is 6.58 Å². The Kier molecular flexibility index (Phi) is 4.01. The smallest absolute Gasteiger partial charge is 0.170 e. The second-order valence-corrected chi connectivity index (χ2v) is 9.47. The van der Waals surface area contributed by atoms with Gasteiger partial charge in [0.15, 0.2) is 5.78 Å². The molecule has 0 aliphatic heterocycles. The summed E-state index contributed by atoms with van der Waals surface area (Å²) in [4.78, 5) is 13.2. The van der Waals surface area contributed by atoms with Gasteiger partial charge in [-0.05, 0) is 48.5 Å². The summed E-state index contributed by atoms with van der Waals surface area (Å²) in [6.07, 6.45) is -0.421. The molecule has 4 saturated carbocycles. The van der Waals surface area contributed by atoms with Gasteiger partial charge in [0.05, 0.1) is 23.7 Å². The highest BCUT2D eigenvalue weighted by Gasteiger charge is 2.76. The molecule has 0 unspecified atom stereocenters. The molecular formula is C20H30O6. The van der Waals surface area contributed by atoms with Crippen LogP contribution in [0.2, 0.25) is 0 Å². The van der Waals surface area contributed by atoms with Crippen LogP contribution in [0.1, 0.15) is 39.0 Å². The molecule has 6 nitrogen and oxygen atoms in total. The molecule has 0 radical (unpaired) electrons. The fourth-order valence-electron chi connectivity index (χ4n) is 7.44. The zero-order valence-corrected chi connectivity index (χ0v) is 15.3. The molecule has 2 bridgehead atoms. The van der Waals surface area contributed by atoms with E-state index in [9.17, 15) is 30.3 Å². The molecule has 146 valence electrons. The first-order valence-corrected chi connectivity index (χ1v) is 9.70. The maximum atomic E-state index is 13.2. The first-order chi connectivity index (χ1) is 12.2. The number of hydrogen-bond donors (Lipinski definition) is 5. The van der Waals surface area contributed by atoms with Crippen LogP contribution in [0.25, 0.3) is 0 Å². The molecule has 0 heterocycles. The average molecular weight is 366 g/mol. The molecule has 0 saturated heterocycles. The Bertz CT molecular complexity index is 648. The van der Waals surface area contributed by atoms with Crippen LogP contribution in [-0.4, -0.2) is 62.8 Å². The van der Waals surface area contributed by atoms with Crippen molar-refractivity contribution in [2.75, 3.05) is 13.2 Å². The van der Waals surface area contributed by atoms with E-state index in [1.165, 1.54) is 0 Å². The SMILES string of the molecule is C=C1C(=O)[C@@]23[C@H](O)C[C@@H]4[C@@](C)(CO)CCC[C@@]4(CO)[C@@H]2C[C@H](O)[C@@H]1[C@H]3O. The van der Waals surface area contributed by atoms with Crippen LogP contribution in [0.4, 0.5) is 0 Å². The molecule has 9 atom stereocenters. The highest BCUT2D eigenvalue weighted by Crippen LogP contribution is 2.70. The van der Waals surface area contributed by atoms with E-state index >= 15 is 0 Å². The van der Waals surface area contributed by atoms with E-state index < -0.39 is 46.4 Å². The second kappa shape index (κ2) is 5.61. The Morgan fingerprint density at radius 2 is 1.77 bits per heavy atom. The molecular weight excluding hydrogens is 336 g/mol.